The standard InChI is InChI=1S/C25H30Br2N2O3/c1-16-12-22(13-17(2)24(16)27)32-15-23(30)29(14-19-8-10-20(26)11-9-19)18(3)25(31)28-21-6-4-5-7-21/h8-13,18,21H,4-7,14-15H2,1-3H3,(H,28,31)/t18-/m1/s1. The first kappa shape index (κ1) is 24.8. The Morgan fingerprint density at radius 3 is 2.28 bits per heavy atom. The molecule has 1 N–H and O–H groups in total. The molecule has 0 unspecified atom stereocenters. The van der Waals surface area contributed by atoms with Crippen LogP contribution in [0.4, 0.5) is 0 Å². The van der Waals surface area contributed by atoms with E-state index in [4.69, 9.17) is 4.74 Å². The number of amides is 2. The quantitative estimate of drug-likeness (QED) is 0.448. The molecule has 1 aliphatic carbocycles. The second-order valence-corrected chi connectivity index (χ2v) is 10.2. The molecule has 2 amide bonds. The molecule has 1 saturated carbocycles. The number of benzene rings is 2. The second-order valence-electron chi connectivity index (χ2n) is 8.47. The SMILES string of the molecule is Cc1cc(OCC(=O)N(Cc2ccc(Br)cc2)[C@H](C)C(=O)NC2CCCC2)cc(C)c1Br. The predicted molar refractivity (Wildman–Crippen MR) is 134 cm³/mol. The van der Waals surface area contributed by atoms with Gasteiger partial charge in [0.05, 0.1) is 0 Å². The van der Waals surface area contributed by atoms with E-state index in [1.807, 2.05) is 50.2 Å². The number of nitrogens with zero attached hydrogens (tertiary/aromatic N) is 1. The topological polar surface area (TPSA) is 58.6 Å². The van der Waals surface area contributed by atoms with E-state index in [0.29, 0.717) is 12.3 Å². The lowest BCUT2D eigenvalue weighted by molar-refractivity contribution is -0.142. The number of ether oxygens (including phenoxy) is 1. The molecule has 1 aliphatic rings. The third-order valence-corrected chi connectivity index (χ3v) is 7.69. The van der Waals surface area contributed by atoms with Gasteiger partial charge in [0, 0.05) is 21.5 Å². The average Bonchev–Trinajstić information content (AvgIpc) is 3.27. The minimum absolute atomic E-state index is 0.113. The summed E-state index contributed by atoms with van der Waals surface area (Å²) in [6.07, 6.45) is 4.29. The Balaban J connectivity index is 1.73. The molecule has 0 saturated heterocycles. The maximum atomic E-state index is 13.2. The van der Waals surface area contributed by atoms with Crippen LogP contribution >= 0.6 is 31.9 Å². The monoisotopic (exact) mass is 564 g/mol. The molecule has 0 spiro atoms. The van der Waals surface area contributed by atoms with E-state index in [0.717, 1.165) is 51.3 Å². The van der Waals surface area contributed by atoms with Crippen molar-refractivity contribution in [3.8, 4) is 5.75 Å². The summed E-state index contributed by atoms with van der Waals surface area (Å²) in [6.45, 7) is 5.97. The van der Waals surface area contributed by atoms with E-state index >= 15 is 0 Å². The van der Waals surface area contributed by atoms with E-state index in [-0.39, 0.29) is 24.5 Å². The molecule has 2 aromatic rings. The van der Waals surface area contributed by atoms with Crippen LogP contribution in [0.15, 0.2) is 45.3 Å². The molecule has 5 nitrogen and oxygen atoms in total. The number of hydrogen-bond acceptors (Lipinski definition) is 3. The third kappa shape index (κ3) is 6.58. The highest BCUT2D eigenvalue weighted by Gasteiger charge is 2.28. The largest absolute Gasteiger partial charge is 0.484 e. The Kier molecular flexibility index (Phi) is 8.77. The molecule has 3 rings (SSSR count). The van der Waals surface area contributed by atoms with Gasteiger partial charge in [0.1, 0.15) is 11.8 Å². The normalized spacial score (nSPS) is 14.8. The van der Waals surface area contributed by atoms with Crippen LogP contribution in [0.25, 0.3) is 0 Å². The van der Waals surface area contributed by atoms with Gasteiger partial charge in [-0.25, -0.2) is 0 Å². The molecule has 0 heterocycles. The zero-order valence-corrected chi connectivity index (χ0v) is 22.0. The van der Waals surface area contributed by atoms with Crippen molar-refractivity contribution in [3.63, 3.8) is 0 Å². The fourth-order valence-corrected chi connectivity index (χ4v) is 4.47. The van der Waals surface area contributed by atoms with Crippen LogP contribution in [0.2, 0.25) is 0 Å². The summed E-state index contributed by atoms with van der Waals surface area (Å²) in [5.74, 6) is 0.307. The molecular formula is C25H30Br2N2O3. The van der Waals surface area contributed by atoms with Gasteiger partial charge in [-0.15, -0.1) is 0 Å². The summed E-state index contributed by atoms with van der Waals surface area (Å²) in [5.41, 5.74) is 3.05. The highest BCUT2D eigenvalue weighted by molar-refractivity contribution is 9.10. The molecule has 2 aromatic carbocycles. The molecule has 32 heavy (non-hydrogen) atoms. The van der Waals surface area contributed by atoms with E-state index in [9.17, 15) is 9.59 Å². The van der Waals surface area contributed by atoms with Gasteiger partial charge in [0.25, 0.3) is 5.91 Å². The van der Waals surface area contributed by atoms with Crippen LogP contribution in [-0.2, 0) is 16.1 Å². The Morgan fingerprint density at radius 1 is 1.09 bits per heavy atom. The summed E-state index contributed by atoms with van der Waals surface area (Å²) in [5, 5.41) is 3.12. The lowest BCUT2D eigenvalue weighted by Crippen LogP contribution is -2.50. The summed E-state index contributed by atoms with van der Waals surface area (Å²) >= 11 is 6.99. The van der Waals surface area contributed by atoms with E-state index in [1.165, 1.54) is 0 Å². The second kappa shape index (κ2) is 11.3. The van der Waals surface area contributed by atoms with Crippen molar-refractivity contribution in [1.82, 2.24) is 10.2 Å². The van der Waals surface area contributed by atoms with Gasteiger partial charge in [0.2, 0.25) is 5.91 Å². The van der Waals surface area contributed by atoms with Crippen molar-refractivity contribution in [2.45, 2.75) is 65.1 Å². The van der Waals surface area contributed by atoms with Crippen molar-refractivity contribution >= 4 is 43.7 Å². The van der Waals surface area contributed by atoms with E-state index in [1.54, 1.807) is 11.8 Å². The van der Waals surface area contributed by atoms with Gasteiger partial charge in [-0.3, -0.25) is 9.59 Å². The van der Waals surface area contributed by atoms with Gasteiger partial charge in [-0.2, -0.15) is 0 Å². The smallest absolute Gasteiger partial charge is 0.261 e. The maximum Gasteiger partial charge on any atom is 0.261 e. The van der Waals surface area contributed by atoms with Crippen molar-refractivity contribution < 1.29 is 14.3 Å². The number of nitrogens with one attached hydrogen (secondary N) is 1. The predicted octanol–water partition coefficient (Wildman–Crippen LogP) is 5.68. The van der Waals surface area contributed by atoms with Gasteiger partial charge < -0.3 is 15.0 Å². The van der Waals surface area contributed by atoms with Crippen molar-refractivity contribution in [1.29, 1.82) is 0 Å². The van der Waals surface area contributed by atoms with Crippen molar-refractivity contribution in [2.75, 3.05) is 6.61 Å². The molecule has 0 aliphatic heterocycles. The molecule has 1 fully saturated rings. The fraction of sp³-hybridized carbons (Fsp3) is 0.440. The number of rotatable bonds is 8. The van der Waals surface area contributed by atoms with Gasteiger partial charge in [0.15, 0.2) is 6.61 Å². The highest BCUT2D eigenvalue weighted by Crippen LogP contribution is 2.26. The zero-order chi connectivity index (χ0) is 23.3. The maximum absolute atomic E-state index is 13.2. The zero-order valence-electron chi connectivity index (χ0n) is 18.8. The summed E-state index contributed by atoms with van der Waals surface area (Å²) < 4.78 is 7.83. The van der Waals surface area contributed by atoms with Crippen LogP contribution in [-0.4, -0.2) is 35.4 Å². The van der Waals surface area contributed by atoms with Gasteiger partial charge in [-0.1, -0.05) is 56.8 Å². The molecule has 0 bridgehead atoms. The summed E-state index contributed by atoms with van der Waals surface area (Å²) in [4.78, 5) is 27.7. The van der Waals surface area contributed by atoms with Crippen molar-refractivity contribution in [3.05, 3.63) is 62.0 Å². The molecular weight excluding hydrogens is 536 g/mol. The van der Waals surface area contributed by atoms with Crippen LogP contribution in [0.1, 0.15) is 49.3 Å². The van der Waals surface area contributed by atoms with Crippen molar-refractivity contribution in [2.24, 2.45) is 0 Å². The van der Waals surface area contributed by atoms with Crippen LogP contribution in [0.5, 0.6) is 5.75 Å². The third-order valence-electron chi connectivity index (χ3n) is 5.91. The van der Waals surface area contributed by atoms with Crippen LogP contribution in [0.3, 0.4) is 0 Å². The fourth-order valence-electron chi connectivity index (χ4n) is 3.98. The van der Waals surface area contributed by atoms with E-state index in [2.05, 4.69) is 37.2 Å². The Hall–Kier alpha value is -1.86. The van der Waals surface area contributed by atoms with Crippen LogP contribution in [0, 0.1) is 13.8 Å². The van der Waals surface area contributed by atoms with Gasteiger partial charge >= 0.3 is 0 Å². The number of carbonyl (C=O) groups is 2. The van der Waals surface area contributed by atoms with E-state index < -0.39 is 6.04 Å². The lowest BCUT2D eigenvalue weighted by atomic mass is 10.1. The Morgan fingerprint density at radius 2 is 1.69 bits per heavy atom. The first-order valence-corrected chi connectivity index (χ1v) is 12.6. The molecule has 1 atom stereocenters. The molecule has 0 radical (unpaired) electrons. The van der Waals surface area contributed by atoms with Crippen LogP contribution < -0.4 is 10.1 Å². The number of carbonyl (C=O) groups excluding carboxylic acids is 2. The summed E-state index contributed by atoms with van der Waals surface area (Å²) in [7, 11) is 0. The number of aryl methyl sites for hydroxylation is 2. The molecule has 172 valence electrons. The van der Waals surface area contributed by atoms with Gasteiger partial charge in [-0.05, 0) is 74.6 Å². The first-order chi connectivity index (χ1) is 15.2. The molecule has 7 heteroatoms. The Labute approximate surface area is 207 Å². The number of hydrogen-bond donors (Lipinski definition) is 1. The summed E-state index contributed by atoms with van der Waals surface area (Å²) in [6, 6.07) is 11.2. The average molecular weight is 566 g/mol. The minimum Gasteiger partial charge on any atom is -0.484 e. The highest BCUT2D eigenvalue weighted by atomic mass is 79.9. The minimum atomic E-state index is -0.594. The molecule has 0 aromatic heterocycles. The lowest BCUT2D eigenvalue weighted by Gasteiger charge is -2.29. The first-order valence-electron chi connectivity index (χ1n) is 11.0. The Bertz CT molecular complexity index is 933. The number of halogens is 2.